The fourth-order valence-corrected chi connectivity index (χ4v) is 1.31. The van der Waals surface area contributed by atoms with Gasteiger partial charge in [0.1, 0.15) is 5.83 Å². The number of aliphatic hydroxyl groups excluding tert-OH is 1. The topological polar surface area (TPSA) is 61.8 Å². The minimum absolute atomic E-state index is 0.0531. The molecule has 0 unspecified atom stereocenters. The van der Waals surface area contributed by atoms with Crippen LogP contribution >= 0.6 is 0 Å². The van der Waals surface area contributed by atoms with E-state index in [2.05, 4.69) is 4.98 Å². The molecule has 0 aliphatic rings. The molecule has 4 nitrogen and oxygen atoms in total. The van der Waals surface area contributed by atoms with Crippen molar-refractivity contribution in [3.63, 3.8) is 0 Å². The number of hydrogen-bond donors (Lipinski definition) is 1. The van der Waals surface area contributed by atoms with Crippen molar-refractivity contribution in [1.82, 2.24) is 9.55 Å². The summed E-state index contributed by atoms with van der Waals surface area (Å²) in [4.78, 5) is 3.89. The van der Waals surface area contributed by atoms with Crippen molar-refractivity contribution in [2.45, 2.75) is 27.0 Å². The molecular weight excluding hydrogens is 221 g/mol. The molecule has 1 N–H and O–H groups in total. The zero-order valence-corrected chi connectivity index (χ0v) is 9.81. The van der Waals surface area contributed by atoms with E-state index in [0.29, 0.717) is 12.2 Å². The first kappa shape index (κ1) is 13.1. The second-order valence-electron chi connectivity index (χ2n) is 3.75. The average Bonchev–Trinajstić information content (AvgIpc) is 2.74. The number of hydrogen-bond acceptors (Lipinski definition) is 3. The molecule has 1 aromatic heterocycles. The molecule has 0 aromatic carbocycles. The van der Waals surface area contributed by atoms with Crippen LogP contribution in [0.15, 0.2) is 35.6 Å². The van der Waals surface area contributed by atoms with E-state index in [0.717, 1.165) is 5.57 Å². The summed E-state index contributed by atoms with van der Waals surface area (Å²) in [5.74, 6) is -0.532. The molecule has 1 heterocycles. The minimum Gasteiger partial charge on any atom is -0.390 e. The van der Waals surface area contributed by atoms with Crippen LogP contribution in [0.5, 0.6) is 0 Å². The first-order chi connectivity index (χ1) is 8.08. The summed E-state index contributed by atoms with van der Waals surface area (Å²) >= 11 is 0. The van der Waals surface area contributed by atoms with Gasteiger partial charge in [0.25, 0.3) is 0 Å². The van der Waals surface area contributed by atoms with Crippen molar-refractivity contribution in [1.29, 1.82) is 5.26 Å². The molecule has 17 heavy (non-hydrogen) atoms. The summed E-state index contributed by atoms with van der Waals surface area (Å²) in [6, 6.07) is 1.75. The van der Waals surface area contributed by atoms with Crippen molar-refractivity contribution in [2.24, 2.45) is 0 Å². The molecule has 1 aromatic rings. The molecule has 0 radical (unpaired) electrons. The van der Waals surface area contributed by atoms with Crippen LogP contribution in [0, 0.1) is 11.3 Å². The summed E-state index contributed by atoms with van der Waals surface area (Å²) in [6.45, 7) is 3.51. The van der Waals surface area contributed by atoms with E-state index in [1.807, 2.05) is 0 Å². The van der Waals surface area contributed by atoms with Crippen molar-refractivity contribution >= 4 is 0 Å². The third-order valence-corrected chi connectivity index (χ3v) is 2.28. The number of aromatic nitrogens is 2. The van der Waals surface area contributed by atoms with E-state index in [4.69, 9.17) is 10.4 Å². The monoisotopic (exact) mass is 235 g/mol. The fraction of sp³-hybridized carbons (Fsp3) is 0.333. The SMILES string of the molecule is C/C(C#N)=C(F)\C=C(/C)Cn1cncc1CO. The predicted molar refractivity (Wildman–Crippen MR) is 61.3 cm³/mol. The largest absolute Gasteiger partial charge is 0.390 e. The van der Waals surface area contributed by atoms with Gasteiger partial charge in [-0.25, -0.2) is 9.37 Å². The van der Waals surface area contributed by atoms with Gasteiger partial charge in [-0.3, -0.25) is 0 Å². The van der Waals surface area contributed by atoms with Crippen LogP contribution in [0.3, 0.4) is 0 Å². The van der Waals surface area contributed by atoms with Gasteiger partial charge in [0, 0.05) is 6.54 Å². The first-order valence-corrected chi connectivity index (χ1v) is 5.12. The van der Waals surface area contributed by atoms with Gasteiger partial charge in [-0.1, -0.05) is 5.57 Å². The molecule has 90 valence electrons. The lowest BCUT2D eigenvalue weighted by Crippen LogP contribution is -2.02. The number of halogens is 1. The van der Waals surface area contributed by atoms with Crippen LogP contribution in [0.25, 0.3) is 0 Å². The van der Waals surface area contributed by atoms with Gasteiger partial charge in [0.2, 0.25) is 0 Å². The Morgan fingerprint density at radius 1 is 1.65 bits per heavy atom. The second kappa shape index (κ2) is 5.97. The number of nitriles is 1. The standard InChI is InChI=1S/C12H14FN3O/c1-9(3-12(13)10(2)4-14)6-16-8-15-5-11(16)7-17/h3,5,8,17H,6-7H2,1-2H3/b9-3+,12-10-. The molecule has 0 bridgehead atoms. The lowest BCUT2D eigenvalue weighted by molar-refractivity contribution is 0.271. The molecule has 0 fully saturated rings. The number of rotatable bonds is 4. The maximum absolute atomic E-state index is 13.4. The molecule has 5 heteroatoms. The zero-order chi connectivity index (χ0) is 12.8. The summed E-state index contributed by atoms with van der Waals surface area (Å²) < 4.78 is 15.1. The maximum atomic E-state index is 13.4. The molecule has 0 saturated carbocycles. The Morgan fingerprint density at radius 2 is 2.35 bits per heavy atom. The van der Waals surface area contributed by atoms with Crippen LogP contribution in [0.2, 0.25) is 0 Å². The Kier molecular flexibility index (Phi) is 4.61. The minimum atomic E-state index is -0.532. The highest BCUT2D eigenvalue weighted by Gasteiger charge is 2.03. The maximum Gasteiger partial charge on any atom is 0.136 e. The lowest BCUT2D eigenvalue weighted by atomic mass is 10.2. The van der Waals surface area contributed by atoms with Gasteiger partial charge in [0.15, 0.2) is 0 Å². The Labute approximate surface area is 99.3 Å². The molecular formula is C12H14FN3O. The number of allylic oxidation sites excluding steroid dienone is 4. The van der Waals surface area contributed by atoms with E-state index >= 15 is 0 Å². The van der Waals surface area contributed by atoms with Crippen molar-refractivity contribution in [3.05, 3.63) is 41.3 Å². The third-order valence-electron chi connectivity index (χ3n) is 2.28. The van der Waals surface area contributed by atoms with Gasteiger partial charge < -0.3 is 9.67 Å². The average molecular weight is 235 g/mol. The zero-order valence-electron chi connectivity index (χ0n) is 9.81. The van der Waals surface area contributed by atoms with E-state index in [1.165, 1.54) is 13.0 Å². The van der Waals surface area contributed by atoms with Crippen molar-refractivity contribution in [2.75, 3.05) is 0 Å². The van der Waals surface area contributed by atoms with Gasteiger partial charge in [-0.05, 0) is 19.9 Å². The Balaban J connectivity index is 2.84. The van der Waals surface area contributed by atoms with Gasteiger partial charge in [0.05, 0.1) is 36.5 Å². The Morgan fingerprint density at radius 3 is 2.94 bits per heavy atom. The summed E-state index contributed by atoms with van der Waals surface area (Å²) in [6.07, 6.45) is 4.45. The molecule has 0 aliphatic heterocycles. The van der Waals surface area contributed by atoms with Gasteiger partial charge in [-0.2, -0.15) is 5.26 Å². The molecule has 0 spiro atoms. The molecule has 0 amide bonds. The Bertz CT molecular complexity index is 494. The lowest BCUT2D eigenvalue weighted by Gasteiger charge is -2.06. The van der Waals surface area contributed by atoms with Crippen molar-refractivity contribution < 1.29 is 9.50 Å². The van der Waals surface area contributed by atoms with Crippen molar-refractivity contribution in [3.8, 4) is 6.07 Å². The fourth-order valence-electron chi connectivity index (χ4n) is 1.31. The van der Waals surface area contributed by atoms with E-state index in [1.54, 1.807) is 30.1 Å². The van der Waals surface area contributed by atoms with Gasteiger partial charge >= 0.3 is 0 Å². The molecule has 0 atom stereocenters. The summed E-state index contributed by atoms with van der Waals surface area (Å²) in [5.41, 5.74) is 1.46. The number of nitrogens with zero attached hydrogens (tertiary/aromatic N) is 3. The number of imidazole rings is 1. The van der Waals surface area contributed by atoms with Crippen LogP contribution in [-0.4, -0.2) is 14.7 Å². The molecule has 1 rings (SSSR count). The first-order valence-electron chi connectivity index (χ1n) is 5.12. The highest BCUT2D eigenvalue weighted by molar-refractivity contribution is 5.30. The highest BCUT2D eigenvalue weighted by Crippen LogP contribution is 2.11. The van der Waals surface area contributed by atoms with Crippen LogP contribution in [0.4, 0.5) is 4.39 Å². The van der Waals surface area contributed by atoms with Crippen LogP contribution < -0.4 is 0 Å². The second-order valence-corrected chi connectivity index (χ2v) is 3.75. The van der Waals surface area contributed by atoms with E-state index < -0.39 is 5.83 Å². The number of aliphatic hydroxyl groups is 1. The van der Waals surface area contributed by atoms with Crippen LogP contribution in [0.1, 0.15) is 19.5 Å². The predicted octanol–water partition coefficient (Wildman–Crippen LogP) is 2.09. The molecule has 0 aliphatic carbocycles. The third kappa shape index (κ3) is 3.54. The van der Waals surface area contributed by atoms with Gasteiger partial charge in [-0.15, -0.1) is 0 Å². The van der Waals surface area contributed by atoms with E-state index in [-0.39, 0.29) is 12.2 Å². The summed E-state index contributed by atoms with van der Waals surface area (Å²) in [7, 11) is 0. The Hall–Kier alpha value is -1.93. The normalized spacial score (nSPS) is 13.2. The smallest absolute Gasteiger partial charge is 0.136 e. The molecule has 0 saturated heterocycles. The summed E-state index contributed by atoms with van der Waals surface area (Å²) in [5, 5.41) is 17.6. The highest BCUT2D eigenvalue weighted by atomic mass is 19.1. The van der Waals surface area contributed by atoms with E-state index in [9.17, 15) is 4.39 Å². The van der Waals surface area contributed by atoms with Crippen LogP contribution in [-0.2, 0) is 13.2 Å². The quantitative estimate of drug-likeness (QED) is 0.642.